The highest BCUT2D eigenvalue weighted by Crippen LogP contribution is 2.35. The van der Waals surface area contributed by atoms with Crippen molar-refractivity contribution in [2.24, 2.45) is 0 Å². The first kappa shape index (κ1) is 12.4. The summed E-state index contributed by atoms with van der Waals surface area (Å²) in [5.74, 6) is -0.931. The van der Waals surface area contributed by atoms with Crippen molar-refractivity contribution in [2.45, 2.75) is 11.8 Å². The summed E-state index contributed by atoms with van der Waals surface area (Å²) in [7, 11) is 0. The SMILES string of the molecule is Fc1cccc(C(Cl)c2ccc3c(c2)CCO3)c1F. The van der Waals surface area contributed by atoms with Crippen LogP contribution in [0.5, 0.6) is 5.75 Å². The van der Waals surface area contributed by atoms with Crippen LogP contribution >= 0.6 is 11.6 Å². The lowest BCUT2D eigenvalue weighted by molar-refractivity contribution is 0.357. The largest absolute Gasteiger partial charge is 0.493 e. The molecule has 2 aromatic carbocycles. The van der Waals surface area contributed by atoms with Crippen molar-refractivity contribution in [3.8, 4) is 5.75 Å². The lowest BCUT2D eigenvalue weighted by Gasteiger charge is -2.12. The molecular formula is C15H11ClF2O. The Morgan fingerprint density at radius 2 is 2.00 bits per heavy atom. The zero-order chi connectivity index (χ0) is 13.4. The van der Waals surface area contributed by atoms with Gasteiger partial charge in [-0.05, 0) is 23.3 Å². The fraction of sp³-hybridized carbons (Fsp3) is 0.200. The van der Waals surface area contributed by atoms with E-state index in [1.807, 2.05) is 12.1 Å². The third-order valence-electron chi connectivity index (χ3n) is 3.26. The first-order chi connectivity index (χ1) is 9.16. The second-order valence-corrected chi connectivity index (χ2v) is 4.91. The van der Waals surface area contributed by atoms with Crippen LogP contribution in [0.1, 0.15) is 22.1 Å². The maximum Gasteiger partial charge on any atom is 0.163 e. The lowest BCUT2D eigenvalue weighted by atomic mass is 10.0. The molecule has 98 valence electrons. The van der Waals surface area contributed by atoms with E-state index >= 15 is 0 Å². The second kappa shape index (κ2) is 4.82. The third kappa shape index (κ3) is 2.19. The van der Waals surface area contributed by atoms with Gasteiger partial charge in [0, 0.05) is 12.0 Å². The molecule has 1 nitrogen and oxygen atoms in total. The van der Waals surface area contributed by atoms with Crippen molar-refractivity contribution in [3.63, 3.8) is 0 Å². The van der Waals surface area contributed by atoms with Crippen LogP contribution in [0.25, 0.3) is 0 Å². The molecule has 1 aliphatic heterocycles. The van der Waals surface area contributed by atoms with Gasteiger partial charge in [0.25, 0.3) is 0 Å². The van der Waals surface area contributed by atoms with Crippen molar-refractivity contribution in [1.29, 1.82) is 0 Å². The number of ether oxygens (including phenoxy) is 1. The summed E-state index contributed by atoms with van der Waals surface area (Å²) in [6, 6.07) is 9.54. The molecule has 1 aliphatic rings. The van der Waals surface area contributed by atoms with E-state index in [-0.39, 0.29) is 5.56 Å². The van der Waals surface area contributed by atoms with Crippen molar-refractivity contribution in [2.75, 3.05) is 6.61 Å². The van der Waals surface area contributed by atoms with Crippen LogP contribution < -0.4 is 4.74 Å². The van der Waals surface area contributed by atoms with E-state index in [0.717, 1.165) is 29.4 Å². The van der Waals surface area contributed by atoms with Gasteiger partial charge in [0.05, 0.1) is 12.0 Å². The van der Waals surface area contributed by atoms with Gasteiger partial charge in [0.2, 0.25) is 0 Å². The molecule has 0 aromatic heterocycles. The van der Waals surface area contributed by atoms with Crippen LogP contribution in [0.4, 0.5) is 8.78 Å². The molecule has 0 N–H and O–H groups in total. The first-order valence-electron chi connectivity index (χ1n) is 6.00. The number of hydrogen-bond acceptors (Lipinski definition) is 1. The smallest absolute Gasteiger partial charge is 0.163 e. The molecule has 2 aromatic rings. The summed E-state index contributed by atoms with van der Waals surface area (Å²) < 4.78 is 32.4. The van der Waals surface area contributed by atoms with Gasteiger partial charge < -0.3 is 4.74 Å². The van der Waals surface area contributed by atoms with Crippen LogP contribution in [0.3, 0.4) is 0 Å². The van der Waals surface area contributed by atoms with Gasteiger partial charge >= 0.3 is 0 Å². The highest BCUT2D eigenvalue weighted by molar-refractivity contribution is 6.22. The van der Waals surface area contributed by atoms with Gasteiger partial charge in [-0.25, -0.2) is 8.78 Å². The first-order valence-corrected chi connectivity index (χ1v) is 6.44. The molecule has 1 unspecified atom stereocenters. The molecule has 0 amide bonds. The zero-order valence-corrected chi connectivity index (χ0v) is 10.8. The average Bonchev–Trinajstić information content (AvgIpc) is 2.88. The molecule has 0 saturated heterocycles. The van der Waals surface area contributed by atoms with E-state index in [0.29, 0.717) is 6.61 Å². The van der Waals surface area contributed by atoms with Crippen molar-refractivity contribution >= 4 is 11.6 Å². The molecule has 3 rings (SSSR count). The average molecular weight is 281 g/mol. The Hall–Kier alpha value is -1.61. The molecule has 0 radical (unpaired) electrons. The second-order valence-electron chi connectivity index (χ2n) is 4.47. The molecule has 4 heteroatoms. The van der Waals surface area contributed by atoms with Gasteiger partial charge in [0.15, 0.2) is 11.6 Å². The molecule has 1 atom stereocenters. The van der Waals surface area contributed by atoms with E-state index in [2.05, 4.69) is 0 Å². The standard InChI is InChI=1S/C15H11ClF2O/c16-14(11-2-1-3-12(17)15(11)18)10-4-5-13-9(8-10)6-7-19-13/h1-5,8,14H,6-7H2. The summed E-state index contributed by atoms with van der Waals surface area (Å²) in [5.41, 5.74) is 1.95. The Balaban J connectivity index is 2.00. The van der Waals surface area contributed by atoms with E-state index in [9.17, 15) is 8.78 Å². The number of halogens is 3. The zero-order valence-electron chi connectivity index (χ0n) is 10.00. The van der Waals surface area contributed by atoms with Crippen LogP contribution in [-0.2, 0) is 6.42 Å². The van der Waals surface area contributed by atoms with Gasteiger partial charge in [-0.1, -0.05) is 24.3 Å². The summed E-state index contributed by atoms with van der Waals surface area (Å²) >= 11 is 6.26. The van der Waals surface area contributed by atoms with Crippen LogP contribution in [0, 0.1) is 11.6 Å². The monoisotopic (exact) mass is 280 g/mol. The quantitative estimate of drug-likeness (QED) is 0.748. The number of benzene rings is 2. The van der Waals surface area contributed by atoms with Gasteiger partial charge in [-0.2, -0.15) is 0 Å². The Kier molecular flexibility index (Phi) is 3.15. The van der Waals surface area contributed by atoms with Gasteiger partial charge in [0.1, 0.15) is 5.75 Å². The molecule has 0 fully saturated rings. The Bertz CT molecular complexity index is 628. The minimum atomic E-state index is -0.890. The highest BCUT2D eigenvalue weighted by atomic mass is 35.5. The van der Waals surface area contributed by atoms with Crippen LogP contribution in [-0.4, -0.2) is 6.61 Å². The number of fused-ring (bicyclic) bond motifs is 1. The van der Waals surface area contributed by atoms with Crippen molar-refractivity contribution < 1.29 is 13.5 Å². The summed E-state index contributed by atoms with van der Waals surface area (Å²) in [5, 5.41) is -0.707. The van der Waals surface area contributed by atoms with Gasteiger partial charge in [-0.3, -0.25) is 0 Å². The maximum atomic E-state index is 13.7. The normalized spacial score (nSPS) is 14.9. The third-order valence-corrected chi connectivity index (χ3v) is 3.75. The fourth-order valence-electron chi connectivity index (χ4n) is 2.26. The van der Waals surface area contributed by atoms with Crippen LogP contribution in [0.15, 0.2) is 36.4 Å². The Morgan fingerprint density at radius 3 is 2.84 bits per heavy atom. The predicted molar refractivity (Wildman–Crippen MR) is 69.7 cm³/mol. The lowest BCUT2D eigenvalue weighted by Crippen LogP contribution is -1.99. The molecule has 1 heterocycles. The molecule has 0 bridgehead atoms. The fourth-order valence-corrected chi connectivity index (χ4v) is 2.56. The number of rotatable bonds is 2. The minimum absolute atomic E-state index is 0.153. The van der Waals surface area contributed by atoms with E-state index in [4.69, 9.17) is 16.3 Å². The highest BCUT2D eigenvalue weighted by Gasteiger charge is 2.20. The molecule has 0 aliphatic carbocycles. The maximum absolute atomic E-state index is 13.7. The predicted octanol–water partition coefficient (Wildman–Crippen LogP) is 4.23. The molecular weight excluding hydrogens is 270 g/mol. The van der Waals surface area contributed by atoms with Crippen LogP contribution in [0.2, 0.25) is 0 Å². The topological polar surface area (TPSA) is 9.23 Å². The Morgan fingerprint density at radius 1 is 1.16 bits per heavy atom. The summed E-state index contributed by atoms with van der Waals surface area (Å²) in [4.78, 5) is 0. The number of alkyl halides is 1. The van der Waals surface area contributed by atoms with Crippen molar-refractivity contribution in [3.05, 3.63) is 64.7 Å². The molecule has 0 spiro atoms. The minimum Gasteiger partial charge on any atom is -0.493 e. The summed E-state index contributed by atoms with van der Waals surface area (Å²) in [6.45, 7) is 0.653. The molecule has 0 saturated carbocycles. The Labute approximate surface area is 114 Å². The van der Waals surface area contributed by atoms with Crippen molar-refractivity contribution in [1.82, 2.24) is 0 Å². The number of hydrogen-bond donors (Lipinski definition) is 0. The summed E-state index contributed by atoms with van der Waals surface area (Å²) in [6.07, 6.45) is 0.818. The van der Waals surface area contributed by atoms with Gasteiger partial charge in [-0.15, -0.1) is 11.6 Å². The van der Waals surface area contributed by atoms with E-state index in [1.54, 1.807) is 6.07 Å². The van der Waals surface area contributed by atoms with E-state index < -0.39 is 17.0 Å². The van der Waals surface area contributed by atoms with E-state index in [1.165, 1.54) is 12.1 Å². The molecule has 19 heavy (non-hydrogen) atoms.